The van der Waals surface area contributed by atoms with E-state index in [9.17, 15) is 14.4 Å². The molecule has 0 heterocycles. The van der Waals surface area contributed by atoms with E-state index in [1.54, 1.807) is 0 Å². The van der Waals surface area contributed by atoms with Crippen molar-refractivity contribution in [1.82, 2.24) is 0 Å². The van der Waals surface area contributed by atoms with Crippen LogP contribution in [-0.2, 0) is 28.6 Å². The van der Waals surface area contributed by atoms with Crippen molar-refractivity contribution in [2.45, 2.75) is 386 Å². The molecule has 6 nitrogen and oxygen atoms in total. The normalized spacial score (nSPS) is 12.4. The first kappa shape index (κ1) is 78.1. The lowest BCUT2D eigenvalue weighted by Crippen LogP contribution is -2.30. The third-order valence-electron chi connectivity index (χ3n) is 16.0. The molecular weight excluding hydrogens is 997 g/mol. The third-order valence-corrected chi connectivity index (χ3v) is 16.0. The van der Waals surface area contributed by atoms with Gasteiger partial charge in [-0.1, -0.05) is 332 Å². The van der Waals surface area contributed by atoms with E-state index in [1.165, 1.54) is 257 Å². The van der Waals surface area contributed by atoms with Crippen molar-refractivity contribution in [3.05, 3.63) is 60.8 Å². The van der Waals surface area contributed by atoms with Crippen LogP contribution in [0.25, 0.3) is 0 Å². The van der Waals surface area contributed by atoms with Gasteiger partial charge in [-0.05, 0) is 89.9 Å². The van der Waals surface area contributed by atoms with E-state index in [4.69, 9.17) is 14.2 Å². The molecule has 0 saturated heterocycles. The Labute approximate surface area is 504 Å². The summed E-state index contributed by atoms with van der Waals surface area (Å²) in [6, 6.07) is 0. The van der Waals surface area contributed by atoms with Crippen molar-refractivity contribution >= 4 is 17.9 Å². The molecule has 0 amide bonds. The standard InChI is InChI=1S/C75H136O6/c1-4-7-10-13-16-19-22-25-28-31-34-36-37-39-41-44-47-50-53-56-59-62-65-68-74(77)80-71-72(70-79-73(76)67-64-61-58-55-52-49-46-43-40-33-30-27-24-21-18-15-12-9-6-3)81-75(78)69-66-63-60-57-54-51-48-45-42-38-35-32-29-26-23-20-17-14-11-8-5-2/h22-23,25-26,31-32,34-35,42,45,72H,4-21,24,27-30,33,36-41,43-44,46-71H2,1-3H3/b25-22-,26-23-,34-31-,35-32-,45-42-. The van der Waals surface area contributed by atoms with Gasteiger partial charge in [-0.15, -0.1) is 0 Å². The second kappa shape index (κ2) is 69.6. The number of carbonyl (C=O) groups is 3. The van der Waals surface area contributed by atoms with E-state index >= 15 is 0 Å². The first-order valence-electron chi connectivity index (χ1n) is 35.8. The Kier molecular flexibility index (Phi) is 67.1. The molecule has 0 aromatic heterocycles. The molecule has 0 fully saturated rings. The van der Waals surface area contributed by atoms with Gasteiger partial charge in [-0.25, -0.2) is 0 Å². The molecule has 81 heavy (non-hydrogen) atoms. The number of ether oxygens (including phenoxy) is 3. The van der Waals surface area contributed by atoms with Crippen LogP contribution in [0.4, 0.5) is 0 Å². The molecule has 1 unspecified atom stereocenters. The Morgan fingerprint density at radius 3 is 0.691 bits per heavy atom. The van der Waals surface area contributed by atoms with Crippen LogP contribution in [0.1, 0.15) is 380 Å². The first-order chi connectivity index (χ1) is 40.0. The maximum absolute atomic E-state index is 13.0. The third kappa shape index (κ3) is 67.8. The zero-order valence-electron chi connectivity index (χ0n) is 54.3. The van der Waals surface area contributed by atoms with Gasteiger partial charge < -0.3 is 14.2 Å². The molecule has 0 bridgehead atoms. The van der Waals surface area contributed by atoms with Crippen LogP contribution in [0.3, 0.4) is 0 Å². The largest absolute Gasteiger partial charge is 0.462 e. The van der Waals surface area contributed by atoms with Gasteiger partial charge in [0.25, 0.3) is 0 Å². The second-order valence-corrected chi connectivity index (χ2v) is 24.1. The second-order valence-electron chi connectivity index (χ2n) is 24.1. The highest BCUT2D eigenvalue weighted by Gasteiger charge is 2.19. The summed E-state index contributed by atoms with van der Waals surface area (Å²) >= 11 is 0. The molecule has 0 saturated carbocycles. The molecule has 6 heteroatoms. The summed E-state index contributed by atoms with van der Waals surface area (Å²) in [4.78, 5) is 38.5. The van der Waals surface area contributed by atoms with Crippen LogP contribution < -0.4 is 0 Å². The van der Waals surface area contributed by atoms with Gasteiger partial charge in [0.05, 0.1) is 0 Å². The molecule has 0 radical (unpaired) electrons. The van der Waals surface area contributed by atoms with Gasteiger partial charge in [0.1, 0.15) is 13.2 Å². The lowest BCUT2D eigenvalue weighted by molar-refractivity contribution is -0.167. The average Bonchev–Trinajstić information content (AvgIpc) is 3.47. The summed E-state index contributed by atoms with van der Waals surface area (Å²) in [6.45, 7) is 6.67. The van der Waals surface area contributed by atoms with E-state index in [0.29, 0.717) is 19.3 Å². The topological polar surface area (TPSA) is 78.9 Å². The summed E-state index contributed by atoms with van der Waals surface area (Å²) in [6.07, 6.45) is 89.5. The van der Waals surface area contributed by atoms with Crippen LogP contribution in [0, 0.1) is 0 Å². The van der Waals surface area contributed by atoms with E-state index in [2.05, 4.69) is 81.5 Å². The van der Waals surface area contributed by atoms with Crippen molar-refractivity contribution in [3.8, 4) is 0 Å². The Balaban J connectivity index is 4.36. The number of carbonyl (C=O) groups excluding carboxylic acids is 3. The van der Waals surface area contributed by atoms with Gasteiger partial charge in [0.15, 0.2) is 6.10 Å². The molecule has 0 aromatic rings. The van der Waals surface area contributed by atoms with Gasteiger partial charge in [-0.3, -0.25) is 14.4 Å². The van der Waals surface area contributed by atoms with Crippen LogP contribution in [0.15, 0.2) is 60.8 Å². The highest BCUT2D eigenvalue weighted by Crippen LogP contribution is 2.18. The summed E-state index contributed by atoms with van der Waals surface area (Å²) < 4.78 is 17.0. The fourth-order valence-corrected chi connectivity index (χ4v) is 10.6. The molecular formula is C75H136O6. The molecule has 0 aliphatic carbocycles. The minimum atomic E-state index is -0.783. The number of hydrogen-bond acceptors (Lipinski definition) is 6. The monoisotopic (exact) mass is 1130 g/mol. The number of esters is 3. The Bertz CT molecular complexity index is 1440. The zero-order chi connectivity index (χ0) is 58.5. The Morgan fingerprint density at radius 2 is 0.444 bits per heavy atom. The van der Waals surface area contributed by atoms with Crippen LogP contribution in [0.5, 0.6) is 0 Å². The fourth-order valence-electron chi connectivity index (χ4n) is 10.6. The van der Waals surface area contributed by atoms with Crippen LogP contribution in [0.2, 0.25) is 0 Å². The molecule has 0 aliphatic rings. The highest BCUT2D eigenvalue weighted by atomic mass is 16.6. The summed E-state index contributed by atoms with van der Waals surface area (Å²) in [5, 5.41) is 0. The Morgan fingerprint density at radius 1 is 0.247 bits per heavy atom. The molecule has 0 aliphatic heterocycles. The quantitative estimate of drug-likeness (QED) is 0.0261. The van der Waals surface area contributed by atoms with Crippen molar-refractivity contribution in [2.75, 3.05) is 13.2 Å². The zero-order valence-corrected chi connectivity index (χ0v) is 54.3. The molecule has 0 spiro atoms. The minimum absolute atomic E-state index is 0.0762. The van der Waals surface area contributed by atoms with Gasteiger partial charge in [-0.2, -0.15) is 0 Å². The van der Waals surface area contributed by atoms with Crippen LogP contribution in [-0.4, -0.2) is 37.2 Å². The highest BCUT2D eigenvalue weighted by molar-refractivity contribution is 5.71. The van der Waals surface area contributed by atoms with Gasteiger partial charge in [0, 0.05) is 19.3 Å². The van der Waals surface area contributed by atoms with E-state index in [1.807, 2.05) is 0 Å². The molecule has 1 atom stereocenters. The fraction of sp³-hybridized carbons (Fsp3) is 0.827. The lowest BCUT2D eigenvalue weighted by atomic mass is 10.0. The maximum atomic E-state index is 13.0. The molecule has 0 N–H and O–H groups in total. The van der Waals surface area contributed by atoms with E-state index in [0.717, 1.165) is 83.5 Å². The van der Waals surface area contributed by atoms with Gasteiger partial charge >= 0.3 is 17.9 Å². The molecule has 0 rings (SSSR count). The number of rotatable bonds is 66. The van der Waals surface area contributed by atoms with E-state index in [-0.39, 0.29) is 31.1 Å². The van der Waals surface area contributed by atoms with Crippen molar-refractivity contribution in [3.63, 3.8) is 0 Å². The Hall–Kier alpha value is -2.89. The smallest absolute Gasteiger partial charge is 0.306 e. The lowest BCUT2D eigenvalue weighted by Gasteiger charge is -2.18. The summed E-state index contributed by atoms with van der Waals surface area (Å²) in [5.41, 5.74) is 0. The predicted octanol–water partition coefficient (Wildman–Crippen LogP) is 24.7. The summed E-state index contributed by atoms with van der Waals surface area (Å²) in [5.74, 6) is -0.865. The van der Waals surface area contributed by atoms with Crippen molar-refractivity contribution < 1.29 is 28.6 Å². The molecule has 0 aromatic carbocycles. The van der Waals surface area contributed by atoms with Crippen molar-refractivity contribution in [2.24, 2.45) is 0 Å². The molecule has 472 valence electrons. The SMILES string of the molecule is CCCCCCC/C=C\C/C=C\C/C=C\CCCCCCCCC(=O)OC(COC(=O)CCCCCCCCCCCCC/C=C\C/C=C\CCCCCCC)COC(=O)CCCCCCCCCCCCCCCCCCCCC. The number of unbranched alkanes of at least 4 members (excludes halogenated alkanes) is 45. The van der Waals surface area contributed by atoms with Crippen LogP contribution >= 0.6 is 0 Å². The first-order valence-corrected chi connectivity index (χ1v) is 35.8. The number of allylic oxidation sites excluding steroid dienone is 10. The summed E-state index contributed by atoms with van der Waals surface area (Å²) in [7, 11) is 0. The maximum Gasteiger partial charge on any atom is 0.306 e. The van der Waals surface area contributed by atoms with Crippen molar-refractivity contribution in [1.29, 1.82) is 0 Å². The predicted molar refractivity (Wildman–Crippen MR) is 353 cm³/mol. The van der Waals surface area contributed by atoms with E-state index < -0.39 is 6.10 Å². The number of hydrogen-bond donors (Lipinski definition) is 0. The van der Waals surface area contributed by atoms with Gasteiger partial charge in [0.2, 0.25) is 0 Å². The minimum Gasteiger partial charge on any atom is -0.462 e. The average molecular weight is 1130 g/mol.